The first-order chi connectivity index (χ1) is 10.8. The molecule has 1 aliphatic heterocycles. The minimum Gasteiger partial charge on any atom is -0.389 e. The van der Waals surface area contributed by atoms with Crippen molar-refractivity contribution in [3.05, 3.63) is 35.9 Å². The lowest BCUT2D eigenvalue weighted by molar-refractivity contribution is -0.0197. The van der Waals surface area contributed by atoms with Crippen LogP contribution in [0, 0.1) is 0 Å². The van der Waals surface area contributed by atoms with E-state index in [4.69, 9.17) is 9.47 Å². The largest absolute Gasteiger partial charge is 0.389 e. The van der Waals surface area contributed by atoms with Crippen molar-refractivity contribution in [2.75, 3.05) is 26.4 Å². The number of aliphatic hydroxyl groups excluding tert-OH is 1. The van der Waals surface area contributed by atoms with Gasteiger partial charge in [0.05, 0.1) is 25.4 Å². The summed E-state index contributed by atoms with van der Waals surface area (Å²) in [5.74, 6) is 0. The maximum Gasteiger partial charge on any atom is 0.0897 e. The van der Waals surface area contributed by atoms with Crippen LogP contribution in [0.1, 0.15) is 37.7 Å². The van der Waals surface area contributed by atoms with Crippen LogP contribution in [0.15, 0.2) is 30.3 Å². The van der Waals surface area contributed by atoms with Gasteiger partial charge in [-0.3, -0.25) is 0 Å². The standard InChI is InChI=1S/C18H27NO3/c20-16(13-21-14-17-8-4-11-22-17)12-19-18(9-5-10-18)15-6-2-1-3-7-15/h1-3,6-7,16-17,19-20H,4-5,8-14H2. The Balaban J connectivity index is 1.40. The van der Waals surface area contributed by atoms with Gasteiger partial charge in [-0.1, -0.05) is 30.3 Å². The molecular weight excluding hydrogens is 278 g/mol. The summed E-state index contributed by atoms with van der Waals surface area (Å²) < 4.78 is 11.1. The Morgan fingerprint density at radius 1 is 1.27 bits per heavy atom. The molecule has 2 unspecified atom stereocenters. The predicted octanol–water partition coefficient (Wildman–Crippen LogP) is 2.21. The van der Waals surface area contributed by atoms with E-state index in [2.05, 4.69) is 29.6 Å². The topological polar surface area (TPSA) is 50.7 Å². The molecule has 2 aliphatic rings. The lowest BCUT2D eigenvalue weighted by Crippen LogP contribution is -2.51. The molecule has 0 bridgehead atoms. The Kier molecular flexibility index (Phi) is 5.47. The van der Waals surface area contributed by atoms with Gasteiger partial charge in [-0.25, -0.2) is 0 Å². The number of benzene rings is 1. The highest BCUT2D eigenvalue weighted by atomic mass is 16.5. The minimum atomic E-state index is -0.470. The average molecular weight is 305 g/mol. The molecule has 1 aromatic carbocycles. The van der Waals surface area contributed by atoms with Gasteiger partial charge in [0.15, 0.2) is 0 Å². The predicted molar refractivity (Wildman–Crippen MR) is 85.8 cm³/mol. The Hall–Kier alpha value is -0.940. The zero-order valence-corrected chi connectivity index (χ0v) is 13.2. The Bertz CT molecular complexity index is 441. The number of ether oxygens (including phenoxy) is 2. The van der Waals surface area contributed by atoms with Crippen molar-refractivity contribution in [1.82, 2.24) is 5.32 Å². The molecule has 4 nitrogen and oxygen atoms in total. The molecule has 1 aromatic rings. The summed E-state index contributed by atoms with van der Waals surface area (Å²) >= 11 is 0. The Morgan fingerprint density at radius 3 is 2.73 bits per heavy atom. The first-order valence-electron chi connectivity index (χ1n) is 8.46. The van der Waals surface area contributed by atoms with Crippen molar-refractivity contribution in [3.63, 3.8) is 0 Å². The lowest BCUT2D eigenvalue weighted by Gasteiger charge is -2.44. The van der Waals surface area contributed by atoms with Crippen LogP contribution >= 0.6 is 0 Å². The molecule has 3 rings (SSSR count). The molecule has 4 heteroatoms. The summed E-state index contributed by atoms with van der Waals surface area (Å²) in [5.41, 5.74) is 1.38. The molecule has 1 saturated heterocycles. The molecule has 22 heavy (non-hydrogen) atoms. The first-order valence-corrected chi connectivity index (χ1v) is 8.46. The highest BCUT2D eigenvalue weighted by molar-refractivity contribution is 5.26. The van der Waals surface area contributed by atoms with Gasteiger partial charge in [0, 0.05) is 18.7 Å². The number of aliphatic hydroxyl groups is 1. The van der Waals surface area contributed by atoms with Gasteiger partial charge in [-0.05, 0) is 37.7 Å². The fourth-order valence-electron chi connectivity index (χ4n) is 3.34. The van der Waals surface area contributed by atoms with Gasteiger partial charge in [0.1, 0.15) is 0 Å². The van der Waals surface area contributed by atoms with E-state index in [0.29, 0.717) is 19.8 Å². The Labute approximate surface area is 132 Å². The molecule has 1 aliphatic carbocycles. The van der Waals surface area contributed by atoms with E-state index in [1.807, 2.05) is 6.07 Å². The maximum atomic E-state index is 10.1. The quantitative estimate of drug-likeness (QED) is 0.773. The van der Waals surface area contributed by atoms with E-state index in [1.165, 1.54) is 12.0 Å². The highest BCUT2D eigenvalue weighted by Crippen LogP contribution is 2.40. The van der Waals surface area contributed by atoms with Crippen molar-refractivity contribution in [2.45, 2.75) is 49.9 Å². The van der Waals surface area contributed by atoms with E-state index in [1.54, 1.807) is 0 Å². The van der Waals surface area contributed by atoms with Crippen molar-refractivity contribution >= 4 is 0 Å². The van der Waals surface area contributed by atoms with Crippen LogP contribution in [0.2, 0.25) is 0 Å². The Morgan fingerprint density at radius 2 is 2.09 bits per heavy atom. The van der Waals surface area contributed by atoms with E-state index < -0.39 is 6.10 Å². The van der Waals surface area contributed by atoms with Crippen LogP contribution in [-0.4, -0.2) is 43.7 Å². The molecular formula is C18H27NO3. The molecule has 1 saturated carbocycles. The smallest absolute Gasteiger partial charge is 0.0897 e. The van der Waals surface area contributed by atoms with Gasteiger partial charge in [-0.15, -0.1) is 0 Å². The van der Waals surface area contributed by atoms with Crippen molar-refractivity contribution in [2.24, 2.45) is 0 Å². The zero-order chi connectivity index (χ0) is 15.3. The van der Waals surface area contributed by atoms with Crippen LogP contribution < -0.4 is 5.32 Å². The summed E-state index contributed by atoms with van der Waals surface area (Å²) in [6.45, 7) is 2.39. The molecule has 2 atom stereocenters. The number of rotatable bonds is 8. The molecule has 0 amide bonds. The van der Waals surface area contributed by atoms with Crippen LogP contribution in [0.5, 0.6) is 0 Å². The van der Waals surface area contributed by atoms with Crippen molar-refractivity contribution in [1.29, 1.82) is 0 Å². The van der Waals surface area contributed by atoms with Gasteiger partial charge in [0.2, 0.25) is 0 Å². The second kappa shape index (κ2) is 7.55. The SMILES string of the molecule is OC(CNC1(c2ccccc2)CCC1)COCC1CCCO1. The summed E-state index contributed by atoms with van der Waals surface area (Å²) in [6.07, 6.45) is 5.47. The van der Waals surface area contributed by atoms with Crippen LogP contribution in [-0.2, 0) is 15.0 Å². The van der Waals surface area contributed by atoms with Crippen LogP contribution in [0.25, 0.3) is 0 Å². The summed E-state index contributed by atoms with van der Waals surface area (Å²) in [6, 6.07) is 10.6. The summed E-state index contributed by atoms with van der Waals surface area (Å²) in [7, 11) is 0. The molecule has 0 spiro atoms. The zero-order valence-electron chi connectivity index (χ0n) is 13.2. The van der Waals surface area contributed by atoms with Crippen molar-refractivity contribution in [3.8, 4) is 0 Å². The van der Waals surface area contributed by atoms with E-state index in [-0.39, 0.29) is 11.6 Å². The molecule has 0 radical (unpaired) electrons. The molecule has 1 heterocycles. The van der Waals surface area contributed by atoms with Gasteiger partial charge in [-0.2, -0.15) is 0 Å². The number of hydrogen-bond acceptors (Lipinski definition) is 4. The molecule has 2 N–H and O–H groups in total. The van der Waals surface area contributed by atoms with Crippen LogP contribution in [0.3, 0.4) is 0 Å². The normalized spacial score (nSPS) is 24.9. The van der Waals surface area contributed by atoms with Crippen molar-refractivity contribution < 1.29 is 14.6 Å². The fourth-order valence-corrected chi connectivity index (χ4v) is 3.34. The maximum absolute atomic E-state index is 10.1. The third-order valence-corrected chi connectivity index (χ3v) is 4.85. The molecule has 0 aromatic heterocycles. The van der Waals surface area contributed by atoms with E-state index >= 15 is 0 Å². The van der Waals surface area contributed by atoms with E-state index in [9.17, 15) is 5.11 Å². The second-order valence-corrected chi connectivity index (χ2v) is 6.51. The first kappa shape index (κ1) is 15.9. The molecule has 122 valence electrons. The fraction of sp³-hybridized carbons (Fsp3) is 0.667. The van der Waals surface area contributed by atoms with E-state index in [0.717, 1.165) is 32.3 Å². The lowest BCUT2D eigenvalue weighted by atomic mass is 9.72. The summed E-state index contributed by atoms with van der Waals surface area (Å²) in [5, 5.41) is 13.7. The average Bonchev–Trinajstić information content (AvgIpc) is 3.01. The minimum absolute atomic E-state index is 0.0524. The summed E-state index contributed by atoms with van der Waals surface area (Å²) in [4.78, 5) is 0. The third-order valence-electron chi connectivity index (χ3n) is 4.85. The number of hydrogen-bond donors (Lipinski definition) is 2. The van der Waals surface area contributed by atoms with Gasteiger partial charge in [0.25, 0.3) is 0 Å². The third kappa shape index (κ3) is 3.87. The van der Waals surface area contributed by atoms with Gasteiger partial charge < -0.3 is 19.9 Å². The monoisotopic (exact) mass is 305 g/mol. The molecule has 2 fully saturated rings. The highest BCUT2D eigenvalue weighted by Gasteiger charge is 2.38. The number of nitrogens with one attached hydrogen (secondary N) is 1. The van der Waals surface area contributed by atoms with Gasteiger partial charge >= 0.3 is 0 Å². The second-order valence-electron chi connectivity index (χ2n) is 6.51. The van der Waals surface area contributed by atoms with Crippen LogP contribution in [0.4, 0.5) is 0 Å².